The van der Waals surface area contributed by atoms with Gasteiger partial charge >= 0.3 is 0 Å². The average molecular weight is 374 g/mol. The first-order chi connectivity index (χ1) is 12.5. The second-order valence-corrected chi connectivity index (χ2v) is 7.08. The third-order valence-corrected chi connectivity index (χ3v) is 5.20. The lowest BCUT2D eigenvalue weighted by Crippen LogP contribution is -2.26. The summed E-state index contributed by atoms with van der Waals surface area (Å²) in [6.45, 7) is 1.78. The number of halogens is 1. The highest BCUT2D eigenvalue weighted by Crippen LogP contribution is 2.31. The zero-order chi connectivity index (χ0) is 18.7. The normalized spacial score (nSPS) is 14.7. The number of rotatable bonds is 4. The van der Waals surface area contributed by atoms with Crippen molar-refractivity contribution in [3.8, 4) is 5.75 Å². The van der Waals surface area contributed by atoms with Crippen molar-refractivity contribution in [1.82, 2.24) is 5.32 Å². The molecular weight excluding hydrogens is 355 g/mol. The Hall–Kier alpha value is -2.54. The molecule has 136 valence electrons. The summed E-state index contributed by atoms with van der Waals surface area (Å²) in [5, 5.41) is 5.66. The Balaban J connectivity index is 1.75. The average Bonchev–Trinajstić information content (AvgIpc) is 2.81. The van der Waals surface area contributed by atoms with Crippen molar-refractivity contribution in [1.29, 1.82) is 0 Å². The van der Waals surface area contributed by atoms with Gasteiger partial charge in [-0.2, -0.15) is 0 Å². The van der Waals surface area contributed by atoms with Gasteiger partial charge in [-0.25, -0.2) is 4.39 Å². The molecule has 0 aliphatic carbocycles. The van der Waals surface area contributed by atoms with E-state index in [1.807, 2.05) is 6.07 Å². The molecule has 2 aromatic carbocycles. The van der Waals surface area contributed by atoms with E-state index in [-0.39, 0.29) is 23.6 Å². The lowest BCUT2D eigenvalue weighted by atomic mass is 10.1. The summed E-state index contributed by atoms with van der Waals surface area (Å²) in [6.07, 6.45) is 0.445. The predicted octanol–water partition coefficient (Wildman–Crippen LogP) is 3.76. The van der Waals surface area contributed by atoms with Crippen LogP contribution in [0.3, 0.4) is 0 Å². The van der Waals surface area contributed by atoms with Gasteiger partial charge in [0.25, 0.3) is 5.91 Å². The Bertz CT molecular complexity index is 857. The van der Waals surface area contributed by atoms with E-state index in [1.54, 1.807) is 36.9 Å². The summed E-state index contributed by atoms with van der Waals surface area (Å²) in [6, 6.07) is 9.42. The highest BCUT2D eigenvalue weighted by molar-refractivity contribution is 7.99. The van der Waals surface area contributed by atoms with Crippen LogP contribution in [0.2, 0.25) is 0 Å². The number of carbonyl (C=O) groups is 2. The molecule has 2 amide bonds. The fourth-order valence-corrected chi connectivity index (χ4v) is 3.61. The van der Waals surface area contributed by atoms with Crippen LogP contribution < -0.4 is 15.4 Å². The Morgan fingerprint density at radius 3 is 2.85 bits per heavy atom. The highest BCUT2D eigenvalue weighted by Gasteiger charge is 2.17. The van der Waals surface area contributed by atoms with E-state index in [9.17, 15) is 14.0 Å². The fourth-order valence-electron chi connectivity index (χ4n) is 2.68. The van der Waals surface area contributed by atoms with E-state index in [2.05, 4.69) is 10.6 Å². The van der Waals surface area contributed by atoms with Gasteiger partial charge in [0.2, 0.25) is 5.91 Å². The largest absolute Gasteiger partial charge is 0.494 e. The maximum Gasteiger partial charge on any atom is 0.251 e. The molecule has 0 bridgehead atoms. The minimum atomic E-state index is -0.476. The Morgan fingerprint density at radius 1 is 1.31 bits per heavy atom. The predicted molar refractivity (Wildman–Crippen MR) is 99.2 cm³/mol. The van der Waals surface area contributed by atoms with Crippen molar-refractivity contribution in [2.75, 3.05) is 18.2 Å². The van der Waals surface area contributed by atoms with Crippen LogP contribution >= 0.6 is 11.8 Å². The van der Waals surface area contributed by atoms with E-state index < -0.39 is 5.82 Å². The van der Waals surface area contributed by atoms with Gasteiger partial charge in [-0.3, -0.25) is 9.59 Å². The SMILES string of the molecule is COc1ccc(C(C)NC(=O)c2ccc3c(c2)NC(=O)CCS3)cc1F. The molecule has 0 aromatic heterocycles. The topological polar surface area (TPSA) is 67.4 Å². The molecule has 26 heavy (non-hydrogen) atoms. The van der Waals surface area contributed by atoms with Gasteiger partial charge in [-0.1, -0.05) is 6.07 Å². The minimum Gasteiger partial charge on any atom is -0.494 e. The van der Waals surface area contributed by atoms with E-state index in [0.717, 1.165) is 4.90 Å². The smallest absolute Gasteiger partial charge is 0.251 e. The molecule has 0 spiro atoms. The molecule has 7 heteroatoms. The number of methoxy groups -OCH3 is 1. The van der Waals surface area contributed by atoms with Gasteiger partial charge < -0.3 is 15.4 Å². The van der Waals surface area contributed by atoms with E-state index in [4.69, 9.17) is 4.74 Å². The van der Waals surface area contributed by atoms with Crippen LogP contribution in [-0.4, -0.2) is 24.7 Å². The van der Waals surface area contributed by atoms with Crippen LogP contribution in [0.15, 0.2) is 41.3 Å². The Labute approximate surface area is 155 Å². The monoisotopic (exact) mass is 374 g/mol. The van der Waals surface area contributed by atoms with Crippen LogP contribution in [-0.2, 0) is 4.79 Å². The van der Waals surface area contributed by atoms with E-state index in [0.29, 0.717) is 29.0 Å². The standard InChI is InChI=1S/C19H19FN2O3S/c1-11(12-3-5-16(25-2)14(20)9-12)21-19(24)13-4-6-17-15(10-13)22-18(23)7-8-26-17/h3-6,9-11H,7-8H2,1-2H3,(H,21,24)(H,22,23). The molecule has 1 unspecified atom stereocenters. The van der Waals surface area contributed by atoms with Crippen molar-refractivity contribution in [2.24, 2.45) is 0 Å². The summed E-state index contributed by atoms with van der Waals surface area (Å²) in [4.78, 5) is 25.2. The zero-order valence-electron chi connectivity index (χ0n) is 14.5. The number of hydrogen-bond donors (Lipinski definition) is 2. The lowest BCUT2D eigenvalue weighted by Gasteiger charge is -2.16. The number of anilines is 1. The van der Waals surface area contributed by atoms with Crippen LogP contribution in [0.5, 0.6) is 5.75 Å². The summed E-state index contributed by atoms with van der Waals surface area (Å²) >= 11 is 1.58. The number of ether oxygens (including phenoxy) is 1. The van der Waals surface area contributed by atoms with Crippen molar-refractivity contribution in [3.63, 3.8) is 0 Å². The Morgan fingerprint density at radius 2 is 2.12 bits per heavy atom. The molecule has 0 saturated heterocycles. The molecule has 1 atom stereocenters. The zero-order valence-corrected chi connectivity index (χ0v) is 15.3. The first-order valence-corrected chi connectivity index (χ1v) is 9.17. The van der Waals surface area contributed by atoms with Crippen LogP contribution in [0.1, 0.15) is 35.3 Å². The van der Waals surface area contributed by atoms with Crippen molar-refractivity contribution in [2.45, 2.75) is 24.3 Å². The molecule has 0 saturated carbocycles. The number of fused-ring (bicyclic) bond motifs is 1. The number of thioether (sulfide) groups is 1. The third kappa shape index (κ3) is 3.99. The second kappa shape index (κ2) is 7.78. The summed E-state index contributed by atoms with van der Waals surface area (Å²) in [5.41, 5.74) is 1.72. The number of benzene rings is 2. The second-order valence-electron chi connectivity index (χ2n) is 5.95. The first-order valence-electron chi connectivity index (χ1n) is 8.19. The quantitative estimate of drug-likeness (QED) is 0.855. The molecule has 1 aliphatic heterocycles. The van der Waals surface area contributed by atoms with Crippen LogP contribution in [0.4, 0.5) is 10.1 Å². The minimum absolute atomic E-state index is 0.0594. The highest BCUT2D eigenvalue weighted by atomic mass is 32.2. The van der Waals surface area contributed by atoms with Crippen LogP contribution in [0.25, 0.3) is 0 Å². The number of amides is 2. The molecule has 0 fully saturated rings. The van der Waals surface area contributed by atoms with Crippen molar-refractivity contribution >= 4 is 29.3 Å². The number of carbonyl (C=O) groups excluding carboxylic acids is 2. The third-order valence-electron chi connectivity index (χ3n) is 4.13. The maximum absolute atomic E-state index is 13.9. The molecule has 5 nitrogen and oxygen atoms in total. The molecular formula is C19H19FN2O3S. The molecule has 0 radical (unpaired) electrons. The number of hydrogen-bond acceptors (Lipinski definition) is 4. The van der Waals surface area contributed by atoms with E-state index >= 15 is 0 Å². The molecule has 3 rings (SSSR count). The molecule has 1 heterocycles. The van der Waals surface area contributed by atoms with Gasteiger partial charge in [-0.15, -0.1) is 11.8 Å². The molecule has 1 aliphatic rings. The van der Waals surface area contributed by atoms with Gasteiger partial charge in [0.15, 0.2) is 11.6 Å². The van der Waals surface area contributed by atoms with Gasteiger partial charge in [-0.05, 0) is 42.8 Å². The van der Waals surface area contributed by atoms with Gasteiger partial charge in [0.05, 0.1) is 18.8 Å². The fraction of sp³-hybridized carbons (Fsp3) is 0.263. The lowest BCUT2D eigenvalue weighted by molar-refractivity contribution is -0.115. The maximum atomic E-state index is 13.9. The Kier molecular flexibility index (Phi) is 5.46. The van der Waals surface area contributed by atoms with E-state index in [1.165, 1.54) is 19.2 Å². The van der Waals surface area contributed by atoms with Crippen molar-refractivity contribution in [3.05, 3.63) is 53.3 Å². The summed E-state index contributed by atoms with van der Waals surface area (Å²) < 4.78 is 18.8. The summed E-state index contributed by atoms with van der Waals surface area (Å²) in [7, 11) is 1.40. The van der Waals surface area contributed by atoms with Gasteiger partial charge in [0, 0.05) is 22.6 Å². The number of nitrogens with one attached hydrogen (secondary N) is 2. The summed E-state index contributed by atoms with van der Waals surface area (Å²) in [5.74, 6) is 0.0443. The van der Waals surface area contributed by atoms with Gasteiger partial charge in [0.1, 0.15) is 0 Å². The molecule has 2 N–H and O–H groups in total. The first kappa shape index (κ1) is 18.3. The van der Waals surface area contributed by atoms with Crippen molar-refractivity contribution < 1.29 is 18.7 Å². The molecule has 2 aromatic rings. The van der Waals surface area contributed by atoms with Crippen LogP contribution in [0, 0.1) is 5.82 Å².